The first-order valence-corrected chi connectivity index (χ1v) is 17.3. The summed E-state index contributed by atoms with van der Waals surface area (Å²) in [5, 5.41) is 6.02. The highest BCUT2D eigenvalue weighted by molar-refractivity contribution is 6.13. The van der Waals surface area contributed by atoms with Crippen molar-refractivity contribution in [2.24, 2.45) is 0 Å². The monoisotopic (exact) mass is 651 g/mol. The van der Waals surface area contributed by atoms with Gasteiger partial charge in [-0.2, -0.15) is 0 Å². The van der Waals surface area contributed by atoms with Crippen molar-refractivity contribution in [3.63, 3.8) is 0 Å². The van der Waals surface area contributed by atoms with E-state index in [1.54, 1.807) is 0 Å². The summed E-state index contributed by atoms with van der Waals surface area (Å²) in [6, 6.07) is 55.5. The Labute approximate surface area is 294 Å². The van der Waals surface area contributed by atoms with Crippen LogP contribution >= 0.6 is 0 Å². The van der Waals surface area contributed by atoms with E-state index in [0.29, 0.717) is 11.4 Å². The van der Waals surface area contributed by atoms with Gasteiger partial charge in [-0.3, -0.25) is 0 Å². The fraction of sp³-hybridized carbons (Fsp3) is 0.0638. The molecule has 0 radical (unpaired) electrons. The fourth-order valence-corrected chi connectivity index (χ4v) is 8.44. The maximum atomic E-state index is 6.35. The van der Waals surface area contributed by atoms with E-state index in [2.05, 4.69) is 134 Å². The molecule has 238 valence electrons. The lowest BCUT2D eigenvalue weighted by molar-refractivity contribution is 0.661. The molecule has 11 rings (SSSR count). The Hall–Kier alpha value is -6.70. The van der Waals surface area contributed by atoms with Crippen LogP contribution in [0.5, 0.6) is 0 Å². The minimum atomic E-state index is -0.147. The molecule has 7 aromatic carbocycles. The van der Waals surface area contributed by atoms with Crippen molar-refractivity contribution in [1.29, 1.82) is 0 Å². The largest absolute Gasteiger partial charge is 0.452 e. The first-order chi connectivity index (χ1) is 25.0. The molecule has 1 aliphatic carbocycles. The van der Waals surface area contributed by atoms with Crippen molar-refractivity contribution in [2.75, 3.05) is 0 Å². The van der Waals surface area contributed by atoms with Crippen molar-refractivity contribution in [3.8, 4) is 39.5 Å². The molecule has 0 saturated heterocycles. The Bertz CT molecular complexity index is 3060. The van der Waals surface area contributed by atoms with Gasteiger partial charge in [-0.15, -0.1) is 0 Å². The molecule has 3 aromatic heterocycles. The number of hydrogen-bond donors (Lipinski definition) is 0. The van der Waals surface area contributed by atoms with E-state index in [-0.39, 0.29) is 5.41 Å². The quantitative estimate of drug-likeness (QED) is 0.191. The van der Waals surface area contributed by atoms with Gasteiger partial charge in [0.25, 0.3) is 0 Å². The summed E-state index contributed by atoms with van der Waals surface area (Å²) >= 11 is 0. The average Bonchev–Trinajstić information content (AvgIpc) is 3.79. The zero-order chi connectivity index (χ0) is 33.8. The minimum absolute atomic E-state index is 0.147. The molecule has 0 bridgehead atoms. The van der Waals surface area contributed by atoms with Gasteiger partial charge in [0.15, 0.2) is 11.4 Å². The van der Waals surface area contributed by atoms with Crippen molar-refractivity contribution in [3.05, 3.63) is 163 Å². The molecule has 4 nitrogen and oxygen atoms in total. The first kappa shape index (κ1) is 28.2. The van der Waals surface area contributed by atoms with Gasteiger partial charge in [0.2, 0.25) is 0 Å². The molecule has 0 atom stereocenters. The summed E-state index contributed by atoms with van der Waals surface area (Å²) < 4.78 is 8.76. The first-order valence-electron chi connectivity index (χ1n) is 17.3. The molecule has 0 saturated carbocycles. The molecule has 0 aliphatic heterocycles. The summed E-state index contributed by atoms with van der Waals surface area (Å²) in [6.07, 6.45) is 0. The molecule has 3 heterocycles. The van der Waals surface area contributed by atoms with Crippen LogP contribution in [-0.4, -0.2) is 14.5 Å². The zero-order valence-electron chi connectivity index (χ0n) is 28.0. The molecule has 51 heavy (non-hydrogen) atoms. The topological polar surface area (TPSA) is 43.9 Å². The summed E-state index contributed by atoms with van der Waals surface area (Å²) in [5.41, 5.74) is 13.5. The molecule has 0 amide bonds. The third-order valence-corrected chi connectivity index (χ3v) is 10.9. The second-order valence-corrected chi connectivity index (χ2v) is 14.0. The van der Waals surface area contributed by atoms with Crippen LogP contribution in [0.2, 0.25) is 0 Å². The van der Waals surface area contributed by atoms with E-state index in [4.69, 9.17) is 14.4 Å². The van der Waals surface area contributed by atoms with Crippen LogP contribution < -0.4 is 0 Å². The molecular formula is C47H29N3O. The average molecular weight is 652 g/mol. The number of rotatable bonds is 3. The van der Waals surface area contributed by atoms with Gasteiger partial charge in [0.05, 0.1) is 11.0 Å². The maximum Gasteiger partial charge on any atom is 0.180 e. The predicted molar refractivity (Wildman–Crippen MR) is 207 cm³/mol. The van der Waals surface area contributed by atoms with E-state index in [1.165, 1.54) is 54.8 Å². The van der Waals surface area contributed by atoms with Crippen molar-refractivity contribution in [1.82, 2.24) is 14.5 Å². The molecule has 0 unspecified atom stereocenters. The van der Waals surface area contributed by atoms with Crippen molar-refractivity contribution < 1.29 is 4.42 Å². The maximum absolute atomic E-state index is 6.35. The van der Waals surface area contributed by atoms with Gasteiger partial charge in [0.1, 0.15) is 16.8 Å². The van der Waals surface area contributed by atoms with Crippen LogP contribution in [0.1, 0.15) is 25.0 Å². The Morgan fingerprint density at radius 2 is 1.45 bits per heavy atom. The third-order valence-electron chi connectivity index (χ3n) is 10.9. The van der Waals surface area contributed by atoms with Crippen LogP contribution in [0.15, 0.2) is 144 Å². The summed E-state index contributed by atoms with van der Waals surface area (Å²) in [6.45, 7) is 4.72. The Morgan fingerprint density at radius 1 is 0.627 bits per heavy atom. The third kappa shape index (κ3) is 3.92. The van der Waals surface area contributed by atoms with Crippen LogP contribution in [-0.2, 0) is 5.41 Å². The standard InChI is InChI=1S/C47H29N3O/c1-47(2)37-24-23-28-13-6-7-18-32(28)42(37)36-26-35-33-19-8-10-21-39(33)50(40(35)27-38(36)47)31-17-12-16-30(25-31)46-48-43(29-14-4-3-5-15-29)45-44(49-46)34-20-9-11-22-41(34)51-45/h4,6-27H,1-2H3. The van der Waals surface area contributed by atoms with Gasteiger partial charge in [-0.1, -0.05) is 105 Å². The summed E-state index contributed by atoms with van der Waals surface area (Å²) in [7, 11) is 0. The normalized spacial score (nSPS) is 13.3. The second kappa shape index (κ2) is 10.2. The number of furan rings is 1. The number of hydrogen-bond acceptors (Lipinski definition) is 3. The number of nitrogens with zero attached hydrogens (tertiary/aromatic N) is 3. The van der Waals surface area contributed by atoms with E-state index in [0.717, 1.165) is 39.0 Å². The Balaban J connectivity index is 1.15. The second-order valence-electron chi connectivity index (χ2n) is 14.0. The van der Waals surface area contributed by atoms with Crippen LogP contribution in [0.3, 0.4) is 0 Å². The molecule has 10 aromatic rings. The van der Waals surface area contributed by atoms with E-state index in [1.807, 2.05) is 36.4 Å². The van der Waals surface area contributed by atoms with Gasteiger partial charge >= 0.3 is 0 Å². The molecule has 0 spiro atoms. The minimum Gasteiger partial charge on any atom is -0.452 e. The number of fused-ring (bicyclic) bond motifs is 11. The molecule has 4 heteroatoms. The Morgan fingerprint density at radius 3 is 2.33 bits per heavy atom. The number of benzene rings is 6. The van der Waals surface area contributed by atoms with E-state index < -0.39 is 0 Å². The molecule has 0 N–H and O–H groups in total. The number of para-hydroxylation sites is 2. The number of aromatic nitrogens is 3. The fourth-order valence-electron chi connectivity index (χ4n) is 8.44. The highest BCUT2D eigenvalue weighted by Gasteiger charge is 2.37. The van der Waals surface area contributed by atoms with Crippen LogP contribution in [0.25, 0.3) is 94.1 Å². The van der Waals surface area contributed by atoms with Gasteiger partial charge in [-0.05, 0) is 93.7 Å². The zero-order valence-corrected chi connectivity index (χ0v) is 28.0. The molecule has 1 aliphatic rings. The highest BCUT2D eigenvalue weighted by Crippen LogP contribution is 2.53. The van der Waals surface area contributed by atoms with Gasteiger partial charge in [-0.25, -0.2) is 9.97 Å². The van der Waals surface area contributed by atoms with E-state index >= 15 is 0 Å². The van der Waals surface area contributed by atoms with Gasteiger partial charge in [0, 0.05) is 38.4 Å². The lowest BCUT2D eigenvalue weighted by atomic mass is 9.82. The smallest absolute Gasteiger partial charge is 0.180 e. The predicted octanol–water partition coefficient (Wildman–Crippen LogP) is 11.9. The van der Waals surface area contributed by atoms with Crippen LogP contribution in [0, 0.1) is 12.1 Å². The lowest BCUT2D eigenvalue weighted by Gasteiger charge is -2.22. The Kier molecular flexibility index (Phi) is 5.62. The van der Waals surface area contributed by atoms with Crippen molar-refractivity contribution in [2.45, 2.75) is 19.3 Å². The molecular weight excluding hydrogens is 623 g/mol. The SMILES string of the molecule is CC1(C)c2cc3c(cc2-c2c1ccc1ccccc21)c1ccccc1n3-c1cccc(-c2nc(-c3cc#ccc3)c3oc4ccccc4c3n2)c1. The van der Waals surface area contributed by atoms with E-state index in [9.17, 15) is 0 Å². The molecule has 0 fully saturated rings. The van der Waals surface area contributed by atoms with Crippen LogP contribution in [0.4, 0.5) is 0 Å². The van der Waals surface area contributed by atoms with Crippen molar-refractivity contribution >= 4 is 54.6 Å². The highest BCUT2D eigenvalue weighted by atomic mass is 16.3. The van der Waals surface area contributed by atoms with Gasteiger partial charge < -0.3 is 8.98 Å². The summed E-state index contributed by atoms with van der Waals surface area (Å²) in [4.78, 5) is 10.3. The lowest BCUT2D eigenvalue weighted by Crippen LogP contribution is -2.15. The summed E-state index contributed by atoms with van der Waals surface area (Å²) in [5.74, 6) is 0.642.